The monoisotopic (exact) mass is 416 g/mol. The Kier molecular flexibility index (Phi) is 6.01. The number of hydrogen-bond donors (Lipinski definition) is 2. The van der Waals surface area contributed by atoms with Crippen molar-refractivity contribution in [2.75, 3.05) is 12.4 Å². The summed E-state index contributed by atoms with van der Waals surface area (Å²) in [6.07, 6.45) is 1.70. The van der Waals surface area contributed by atoms with Crippen molar-refractivity contribution in [1.82, 2.24) is 15.3 Å². The third kappa shape index (κ3) is 4.82. The van der Waals surface area contributed by atoms with E-state index in [2.05, 4.69) is 20.6 Å². The second-order valence-electron chi connectivity index (χ2n) is 6.45. The lowest BCUT2D eigenvalue weighted by Crippen LogP contribution is -2.21. The predicted octanol–water partition coefficient (Wildman–Crippen LogP) is 4.89. The number of para-hydroxylation sites is 1. The Hall–Kier alpha value is -3.71. The van der Waals surface area contributed by atoms with E-state index in [1.54, 1.807) is 13.3 Å². The number of thiophene rings is 1. The van der Waals surface area contributed by atoms with Gasteiger partial charge in [-0.1, -0.05) is 30.3 Å². The number of hydrogen-bond acceptors (Lipinski definition) is 6. The van der Waals surface area contributed by atoms with Crippen LogP contribution in [-0.4, -0.2) is 23.0 Å². The summed E-state index contributed by atoms with van der Waals surface area (Å²) >= 11 is 1.40. The van der Waals surface area contributed by atoms with Crippen molar-refractivity contribution < 1.29 is 9.53 Å². The molecule has 0 aliphatic carbocycles. The van der Waals surface area contributed by atoms with Crippen LogP contribution in [0.3, 0.4) is 0 Å². The Morgan fingerprint density at radius 2 is 1.90 bits per heavy atom. The number of carbonyl (C=O) groups excluding carboxylic acids is 1. The summed E-state index contributed by atoms with van der Waals surface area (Å²) in [6.45, 7) is 0.432. The first-order valence-corrected chi connectivity index (χ1v) is 10.2. The zero-order valence-corrected chi connectivity index (χ0v) is 17.1. The molecule has 0 spiro atoms. The van der Waals surface area contributed by atoms with E-state index in [0.29, 0.717) is 17.4 Å². The van der Waals surface area contributed by atoms with Gasteiger partial charge in [-0.3, -0.25) is 4.79 Å². The van der Waals surface area contributed by atoms with Crippen LogP contribution in [0.2, 0.25) is 0 Å². The molecular weight excluding hydrogens is 396 g/mol. The van der Waals surface area contributed by atoms with Crippen molar-refractivity contribution in [2.24, 2.45) is 0 Å². The summed E-state index contributed by atoms with van der Waals surface area (Å²) < 4.78 is 5.22. The number of amides is 1. The Morgan fingerprint density at radius 1 is 1.03 bits per heavy atom. The number of methoxy groups -OCH3 is 1. The normalized spacial score (nSPS) is 10.4. The van der Waals surface area contributed by atoms with Gasteiger partial charge in [-0.15, -0.1) is 11.3 Å². The number of anilines is 2. The maximum absolute atomic E-state index is 12.5. The molecule has 7 heteroatoms. The lowest BCUT2D eigenvalue weighted by atomic mass is 10.2. The molecule has 0 radical (unpaired) electrons. The molecule has 6 nitrogen and oxygen atoms in total. The molecule has 2 N–H and O–H groups in total. The molecule has 0 unspecified atom stereocenters. The first-order chi connectivity index (χ1) is 14.7. The van der Waals surface area contributed by atoms with Gasteiger partial charge in [0.15, 0.2) is 0 Å². The molecule has 0 saturated carbocycles. The van der Waals surface area contributed by atoms with Crippen LogP contribution >= 0.6 is 11.3 Å². The Labute approximate surface area is 178 Å². The predicted molar refractivity (Wildman–Crippen MR) is 119 cm³/mol. The smallest absolute Gasteiger partial charge is 0.261 e. The van der Waals surface area contributed by atoms with Crippen molar-refractivity contribution in [3.05, 3.63) is 89.4 Å². The molecule has 2 heterocycles. The maximum atomic E-state index is 12.5. The number of nitrogens with zero attached hydrogens (tertiary/aromatic N) is 2. The van der Waals surface area contributed by atoms with Crippen LogP contribution < -0.4 is 15.4 Å². The highest BCUT2D eigenvalue weighted by Gasteiger charge is 2.12. The topological polar surface area (TPSA) is 76.1 Å². The van der Waals surface area contributed by atoms with Gasteiger partial charge in [0.1, 0.15) is 5.75 Å². The Bertz CT molecular complexity index is 1140. The van der Waals surface area contributed by atoms with Crippen molar-refractivity contribution in [3.63, 3.8) is 0 Å². The van der Waals surface area contributed by atoms with E-state index in [4.69, 9.17) is 4.74 Å². The second kappa shape index (κ2) is 9.19. The zero-order valence-electron chi connectivity index (χ0n) is 16.3. The molecule has 1 amide bonds. The first kappa shape index (κ1) is 19.6. The number of carbonyl (C=O) groups is 1. The van der Waals surface area contributed by atoms with Crippen LogP contribution in [0.1, 0.15) is 15.2 Å². The highest BCUT2D eigenvalue weighted by molar-refractivity contribution is 7.17. The fourth-order valence-corrected chi connectivity index (χ4v) is 3.75. The number of benzene rings is 2. The zero-order chi connectivity index (χ0) is 20.8. The molecule has 0 fully saturated rings. The molecule has 4 rings (SSSR count). The summed E-state index contributed by atoms with van der Waals surface area (Å²) in [4.78, 5) is 22.9. The van der Waals surface area contributed by atoms with Gasteiger partial charge in [0, 0.05) is 18.4 Å². The maximum Gasteiger partial charge on any atom is 0.261 e. The third-order valence-corrected chi connectivity index (χ3v) is 5.46. The molecule has 2 aromatic carbocycles. The van der Waals surface area contributed by atoms with Crippen LogP contribution in [0.15, 0.2) is 79.0 Å². The number of nitrogens with one attached hydrogen (secondary N) is 2. The molecule has 150 valence electrons. The van der Waals surface area contributed by atoms with Crippen molar-refractivity contribution in [3.8, 4) is 16.3 Å². The SMILES string of the molecule is COc1cccc(CNC(=O)c2ccc(-c3ccnc(Nc4ccccc4)n3)s2)c1. The van der Waals surface area contributed by atoms with Crippen molar-refractivity contribution in [1.29, 1.82) is 0 Å². The fourth-order valence-electron chi connectivity index (χ4n) is 2.86. The van der Waals surface area contributed by atoms with Gasteiger partial charge in [0.25, 0.3) is 5.91 Å². The summed E-state index contributed by atoms with van der Waals surface area (Å²) in [5.74, 6) is 1.16. The van der Waals surface area contributed by atoms with Crippen LogP contribution in [0, 0.1) is 0 Å². The van der Waals surface area contributed by atoms with Gasteiger partial charge in [-0.2, -0.15) is 0 Å². The average Bonchev–Trinajstić information content (AvgIpc) is 3.29. The minimum Gasteiger partial charge on any atom is -0.497 e. The molecule has 0 bridgehead atoms. The van der Waals surface area contributed by atoms with Crippen LogP contribution in [0.4, 0.5) is 11.6 Å². The summed E-state index contributed by atoms with van der Waals surface area (Å²) in [5.41, 5.74) is 2.66. The van der Waals surface area contributed by atoms with Crippen LogP contribution in [-0.2, 0) is 6.54 Å². The van der Waals surface area contributed by atoms with E-state index >= 15 is 0 Å². The molecule has 0 aliphatic rings. The van der Waals surface area contributed by atoms with E-state index in [-0.39, 0.29) is 5.91 Å². The minimum atomic E-state index is -0.120. The molecular formula is C23H20N4O2S. The van der Waals surface area contributed by atoms with E-state index < -0.39 is 0 Å². The Morgan fingerprint density at radius 3 is 2.73 bits per heavy atom. The average molecular weight is 417 g/mol. The lowest BCUT2D eigenvalue weighted by Gasteiger charge is -2.06. The van der Waals surface area contributed by atoms with Gasteiger partial charge < -0.3 is 15.4 Å². The summed E-state index contributed by atoms with van der Waals surface area (Å²) in [6, 6.07) is 22.9. The van der Waals surface area contributed by atoms with E-state index in [0.717, 1.165) is 27.6 Å². The fraction of sp³-hybridized carbons (Fsp3) is 0.0870. The van der Waals surface area contributed by atoms with Crippen LogP contribution in [0.25, 0.3) is 10.6 Å². The molecule has 0 aliphatic heterocycles. The highest BCUT2D eigenvalue weighted by Crippen LogP contribution is 2.27. The standard InChI is InChI=1S/C23H20N4O2S/c1-29-18-9-5-6-16(14-18)15-25-22(28)21-11-10-20(30-21)19-12-13-24-23(27-19)26-17-7-3-2-4-8-17/h2-14H,15H2,1H3,(H,25,28)(H,24,26,27). The molecule has 0 saturated heterocycles. The quantitative estimate of drug-likeness (QED) is 0.449. The van der Waals surface area contributed by atoms with Gasteiger partial charge in [-0.25, -0.2) is 9.97 Å². The van der Waals surface area contributed by atoms with Crippen molar-refractivity contribution >= 4 is 28.9 Å². The van der Waals surface area contributed by atoms with E-state index in [9.17, 15) is 4.79 Å². The molecule has 4 aromatic rings. The number of aromatic nitrogens is 2. The third-order valence-electron chi connectivity index (χ3n) is 4.35. The van der Waals surface area contributed by atoms with E-state index in [1.165, 1.54) is 11.3 Å². The van der Waals surface area contributed by atoms with Crippen molar-refractivity contribution in [2.45, 2.75) is 6.54 Å². The van der Waals surface area contributed by atoms with Gasteiger partial charge in [0.2, 0.25) is 5.95 Å². The largest absolute Gasteiger partial charge is 0.497 e. The summed E-state index contributed by atoms with van der Waals surface area (Å²) in [5, 5.41) is 6.13. The Balaban J connectivity index is 1.43. The lowest BCUT2D eigenvalue weighted by molar-refractivity contribution is 0.0955. The van der Waals surface area contributed by atoms with Crippen LogP contribution in [0.5, 0.6) is 5.75 Å². The van der Waals surface area contributed by atoms with Gasteiger partial charge >= 0.3 is 0 Å². The van der Waals surface area contributed by atoms with Gasteiger partial charge in [0.05, 0.1) is 22.6 Å². The minimum absolute atomic E-state index is 0.120. The molecule has 2 aromatic heterocycles. The molecule has 0 atom stereocenters. The van der Waals surface area contributed by atoms with Gasteiger partial charge in [-0.05, 0) is 48.0 Å². The molecule has 30 heavy (non-hydrogen) atoms. The first-order valence-electron chi connectivity index (χ1n) is 9.38. The second-order valence-corrected chi connectivity index (χ2v) is 7.54. The highest BCUT2D eigenvalue weighted by atomic mass is 32.1. The number of ether oxygens (including phenoxy) is 1. The summed E-state index contributed by atoms with van der Waals surface area (Å²) in [7, 11) is 1.62. The van der Waals surface area contributed by atoms with E-state index in [1.807, 2.05) is 72.8 Å². The number of rotatable bonds is 7.